The fourth-order valence-corrected chi connectivity index (χ4v) is 5.87. The van der Waals surface area contributed by atoms with Crippen LogP contribution in [0.1, 0.15) is 41.9 Å². The third-order valence-electron chi connectivity index (χ3n) is 6.72. The Hall–Kier alpha value is -1.77. The smallest absolute Gasteiger partial charge is 0.251 e. The zero-order valence-electron chi connectivity index (χ0n) is 18.0. The van der Waals surface area contributed by atoms with Gasteiger partial charge in [0.15, 0.2) is 0 Å². The third kappa shape index (κ3) is 3.81. The van der Waals surface area contributed by atoms with Gasteiger partial charge in [0.05, 0.1) is 11.9 Å². The molecule has 30 heavy (non-hydrogen) atoms. The molecule has 2 aromatic heterocycles. The van der Waals surface area contributed by atoms with Crippen molar-refractivity contribution in [3.8, 4) is 0 Å². The van der Waals surface area contributed by atoms with Gasteiger partial charge in [-0.1, -0.05) is 0 Å². The van der Waals surface area contributed by atoms with Crippen LogP contribution in [0, 0.1) is 13.8 Å². The summed E-state index contributed by atoms with van der Waals surface area (Å²) in [6.45, 7) is 11.3. The molecule has 0 aliphatic carbocycles. The van der Waals surface area contributed by atoms with Gasteiger partial charge < -0.3 is 14.5 Å². The third-order valence-corrected chi connectivity index (χ3v) is 7.82. The molecule has 0 bridgehead atoms. The summed E-state index contributed by atoms with van der Waals surface area (Å²) in [4.78, 5) is 31.9. The van der Waals surface area contributed by atoms with Crippen molar-refractivity contribution in [2.45, 2.75) is 52.2 Å². The number of nitrogens with zero attached hydrogens (tertiary/aromatic N) is 5. The molecule has 1 amide bonds. The van der Waals surface area contributed by atoms with Crippen LogP contribution in [0.5, 0.6) is 0 Å². The van der Waals surface area contributed by atoms with E-state index in [1.165, 1.54) is 28.7 Å². The van der Waals surface area contributed by atoms with Crippen LogP contribution in [0.2, 0.25) is 0 Å². The molecule has 3 fully saturated rings. The number of hydrogen-bond donors (Lipinski definition) is 0. The van der Waals surface area contributed by atoms with Crippen LogP contribution >= 0.6 is 11.3 Å². The van der Waals surface area contributed by atoms with E-state index in [1.807, 2.05) is 4.90 Å². The lowest BCUT2D eigenvalue weighted by molar-refractivity contribution is -0.141. The number of amides is 1. The number of fused-ring (bicyclic) bond motifs is 1. The highest BCUT2D eigenvalue weighted by atomic mass is 32.1. The van der Waals surface area contributed by atoms with Crippen LogP contribution in [-0.4, -0.2) is 77.7 Å². The zero-order chi connectivity index (χ0) is 20.7. The van der Waals surface area contributed by atoms with Gasteiger partial charge in [0, 0.05) is 37.7 Å². The van der Waals surface area contributed by atoms with E-state index in [4.69, 9.17) is 14.7 Å². The van der Waals surface area contributed by atoms with Gasteiger partial charge in [-0.05, 0) is 58.2 Å². The molecule has 0 radical (unpaired) electrons. The van der Waals surface area contributed by atoms with E-state index in [-0.39, 0.29) is 12.0 Å². The number of ether oxygens (including phenoxy) is 1. The number of aromatic nitrogens is 2. The van der Waals surface area contributed by atoms with E-state index < -0.39 is 0 Å². The molecule has 3 saturated heterocycles. The first kappa shape index (κ1) is 20.2. The van der Waals surface area contributed by atoms with Crippen LogP contribution in [0.3, 0.4) is 0 Å². The lowest BCUT2D eigenvalue weighted by atomic mass is 10.1. The van der Waals surface area contributed by atoms with Gasteiger partial charge in [0.2, 0.25) is 0 Å². The number of hydrogen-bond acceptors (Lipinski definition) is 7. The fraction of sp³-hybridized carbons (Fsp3) is 0.682. The summed E-state index contributed by atoms with van der Waals surface area (Å²) in [7, 11) is 0. The molecule has 0 unspecified atom stereocenters. The minimum absolute atomic E-state index is 0.164. The largest absolute Gasteiger partial charge is 0.368 e. The first-order valence-corrected chi connectivity index (χ1v) is 12.1. The number of likely N-dealkylation sites (tertiary alicyclic amines) is 1. The molecule has 0 N–H and O–H groups in total. The second kappa shape index (κ2) is 8.40. The molecule has 8 heteroatoms. The van der Waals surface area contributed by atoms with E-state index in [0.29, 0.717) is 6.61 Å². The minimum atomic E-state index is -0.226. The quantitative estimate of drug-likeness (QED) is 0.745. The maximum Gasteiger partial charge on any atom is 0.251 e. The molecule has 3 aliphatic heterocycles. The first-order valence-electron chi connectivity index (χ1n) is 11.2. The van der Waals surface area contributed by atoms with E-state index in [9.17, 15) is 4.79 Å². The van der Waals surface area contributed by atoms with Gasteiger partial charge in [-0.25, -0.2) is 9.97 Å². The van der Waals surface area contributed by atoms with Gasteiger partial charge in [0.1, 0.15) is 22.6 Å². The summed E-state index contributed by atoms with van der Waals surface area (Å²) in [5.74, 6) is 2.15. The topological polar surface area (TPSA) is 61.8 Å². The molecule has 5 heterocycles. The molecule has 5 rings (SSSR count). The van der Waals surface area contributed by atoms with Crippen molar-refractivity contribution >= 4 is 33.3 Å². The molecule has 3 aliphatic rings. The highest BCUT2D eigenvalue weighted by Gasteiger charge is 2.31. The number of carbonyl (C=O) groups is 1. The van der Waals surface area contributed by atoms with Crippen LogP contribution in [0.4, 0.5) is 5.82 Å². The maximum atomic E-state index is 12.7. The Morgan fingerprint density at radius 2 is 1.83 bits per heavy atom. The molecular weight excluding hydrogens is 398 g/mol. The Labute approximate surface area is 182 Å². The standard InChI is InChI=1S/C22H31N5O2S/c1-15-16(2)30-21-19(15)20(23-18(24-21)14-25-7-3-4-8-25)26-9-11-27(12-10-26)22(28)17-6-5-13-29-17/h17H,3-14H2,1-2H3/t17-/m1/s1. The number of anilines is 1. The van der Waals surface area contributed by atoms with Gasteiger partial charge >= 0.3 is 0 Å². The van der Waals surface area contributed by atoms with E-state index in [2.05, 4.69) is 23.6 Å². The van der Waals surface area contributed by atoms with Gasteiger partial charge in [-0.2, -0.15) is 0 Å². The highest BCUT2D eigenvalue weighted by molar-refractivity contribution is 7.18. The average molecular weight is 430 g/mol. The number of carbonyl (C=O) groups excluding carboxylic acids is 1. The molecule has 1 atom stereocenters. The molecular formula is C22H31N5O2S. The summed E-state index contributed by atoms with van der Waals surface area (Å²) < 4.78 is 5.61. The van der Waals surface area contributed by atoms with E-state index >= 15 is 0 Å². The molecule has 2 aromatic rings. The Balaban J connectivity index is 1.38. The van der Waals surface area contributed by atoms with Crippen molar-refractivity contribution in [3.05, 3.63) is 16.3 Å². The van der Waals surface area contributed by atoms with Gasteiger partial charge in [-0.15, -0.1) is 11.3 Å². The van der Waals surface area contributed by atoms with Crippen molar-refractivity contribution in [1.29, 1.82) is 0 Å². The number of piperazine rings is 1. The fourth-order valence-electron chi connectivity index (χ4n) is 4.83. The summed E-state index contributed by atoms with van der Waals surface area (Å²) in [6, 6.07) is 0. The van der Waals surface area contributed by atoms with Crippen LogP contribution in [-0.2, 0) is 16.1 Å². The van der Waals surface area contributed by atoms with Crippen molar-refractivity contribution in [3.63, 3.8) is 0 Å². The lowest BCUT2D eigenvalue weighted by Crippen LogP contribution is -2.51. The second-order valence-electron chi connectivity index (χ2n) is 8.72. The Morgan fingerprint density at radius 1 is 1.07 bits per heavy atom. The molecule has 7 nitrogen and oxygen atoms in total. The molecule has 0 saturated carbocycles. The summed E-state index contributed by atoms with van der Waals surface area (Å²) in [5.41, 5.74) is 1.29. The highest BCUT2D eigenvalue weighted by Crippen LogP contribution is 2.35. The summed E-state index contributed by atoms with van der Waals surface area (Å²) >= 11 is 1.77. The van der Waals surface area contributed by atoms with Crippen LogP contribution in [0.15, 0.2) is 0 Å². The Kier molecular flexibility index (Phi) is 5.64. The molecule has 0 aromatic carbocycles. The first-order chi connectivity index (χ1) is 14.6. The average Bonchev–Trinajstić information content (AvgIpc) is 3.51. The molecule has 162 valence electrons. The minimum Gasteiger partial charge on any atom is -0.368 e. The predicted molar refractivity (Wildman–Crippen MR) is 119 cm³/mol. The van der Waals surface area contributed by atoms with Gasteiger partial charge in [0.25, 0.3) is 5.91 Å². The predicted octanol–water partition coefficient (Wildman–Crippen LogP) is 2.73. The lowest BCUT2D eigenvalue weighted by Gasteiger charge is -2.36. The van der Waals surface area contributed by atoms with Crippen LogP contribution < -0.4 is 4.90 Å². The number of rotatable bonds is 4. The van der Waals surface area contributed by atoms with Crippen molar-refractivity contribution in [2.75, 3.05) is 50.8 Å². The second-order valence-corrected chi connectivity index (χ2v) is 9.93. The normalized spacial score (nSPS) is 23.1. The zero-order valence-corrected chi connectivity index (χ0v) is 18.8. The Bertz CT molecular complexity index is 925. The van der Waals surface area contributed by atoms with Crippen LogP contribution in [0.25, 0.3) is 10.2 Å². The van der Waals surface area contributed by atoms with Crippen molar-refractivity contribution in [1.82, 2.24) is 19.8 Å². The summed E-state index contributed by atoms with van der Waals surface area (Å²) in [5, 5.41) is 1.20. The van der Waals surface area contributed by atoms with Crippen molar-refractivity contribution in [2.24, 2.45) is 0 Å². The number of thiophene rings is 1. The Morgan fingerprint density at radius 3 is 2.53 bits per heavy atom. The SMILES string of the molecule is Cc1sc2nc(CN3CCCC3)nc(N3CCN(C(=O)[C@H]4CCCO4)CC3)c2c1C. The maximum absolute atomic E-state index is 12.7. The van der Waals surface area contributed by atoms with Gasteiger partial charge in [-0.3, -0.25) is 9.69 Å². The molecule has 0 spiro atoms. The number of aryl methyl sites for hydroxylation is 2. The monoisotopic (exact) mass is 429 g/mol. The summed E-state index contributed by atoms with van der Waals surface area (Å²) in [6.07, 6.45) is 4.17. The van der Waals surface area contributed by atoms with Crippen molar-refractivity contribution < 1.29 is 9.53 Å². The van der Waals surface area contributed by atoms with E-state index in [1.54, 1.807) is 11.3 Å². The van der Waals surface area contributed by atoms with E-state index in [0.717, 1.165) is 75.1 Å².